The van der Waals surface area contributed by atoms with Crippen LogP contribution in [0.1, 0.15) is 11.1 Å². The first-order chi connectivity index (χ1) is 15.2. The lowest BCUT2D eigenvalue weighted by Crippen LogP contribution is -2.37. The highest BCUT2D eigenvalue weighted by atomic mass is 35.5. The molecule has 2 aromatic carbocycles. The number of benzene rings is 2. The Morgan fingerprint density at radius 3 is 2.25 bits per heavy atom. The minimum atomic E-state index is -0.429. The summed E-state index contributed by atoms with van der Waals surface area (Å²) in [5.74, 6) is 0.504. The van der Waals surface area contributed by atoms with Crippen LogP contribution in [0.2, 0.25) is 10.0 Å². The van der Waals surface area contributed by atoms with Gasteiger partial charge in [-0.15, -0.1) is 0 Å². The Bertz CT molecular complexity index is 1670. The van der Waals surface area contributed by atoms with Crippen molar-refractivity contribution in [1.82, 2.24) is 23.1 Å². The lowest BCUT2D eigenvalue weighted by Gasteiger charge is -2.12. The predicted molar refractivity (Wildman–Crippen MR) is 127 cm³/mol. The van der Waals surface area contributed by atoms with Gasteiger partial charge in [0.2, 0.25) is 5.78 Å². The fourth-order valence-electron chi connectivity index (χ4n) is 4.19. The third-order valence-electron chi connectivity index (χ3n) is 5.64. The Kier molecular flexibility index (Phi) is 4.58. The highest BCUT2D eigenvalue weighted by molar-refractivity contribution is 6.36. The summed E-state index contributed by atoms with van der Waals surface area (Å²) >= 11 is 12.7. The zero-order chi connectivity index (χ0) is 22.9. The summed E-state index contributed by atoms with van der Waals surface area (Å²) in [6.07, 6.45) is 1.82. The highest BCUT2D eigenvalue weighted by Crippen LogP contribution is 2.35. The van der Waals surface area contributed by atoms with Crippen molar-refractivity contribution in [2.24, 2.45) is 14.1 Å². The van der Waals surface area contributed by atoms with Crippen LogP contribution in [0.15, 0.2) is 52.2 Å². The van der Waals surface area contributed by atoms with Gasteiger partial charge in [0, 0.05) is 36.6 Å². The summed E-state index contributed by atoms with van der Waals surface area (Å²) in [6, 6.07) is 11.5. The normalized spacial score (nSPS) is 11.7. The van der Waals surface area contributed by atoms with Gasteiger partial charge in [-0.3, -0.25) is 22.9 Å². The van der Waals surface area contributed by atoms with Crippen molar-refractivity contribution in [2.45, 2.75) is 13.8 Å². The molecule has 9 heteroatoms. The number of fused-ring (bicyclic) bond motifs is 3. The van der Waals surface area contributed by atoms with E-state index in [1.165, 1.54) is 11.6 Å². The smallest absolute Gasteiger partial charge is 0.279 e. The summed E-state index contributed by atoms with van der Waals surface area (Å²) in [5, 5.41) is 1.01. The van der Waals surface area contributed by atoms with E-state index in [9.17, 15) is 9.59 Å². The Morgan fingerprint density at radius 1 is 0.906 bits per heavy atom. The van der Waals surface area contributed by atoms with Crippen LogP contribution in [0, 0.1) is 13.8 Å². The van der Waals surface area contributed by atoms with Gasteiger partial charge in [0.15, 0.2) is 11.2 Å². The van der Waals surface area contributed by atoms with Gasteiger partial charge < -0.3 is 0 Å². The summed E-state index contributed by atoms with van der Waals surface area (Å²) in [4.78, 5) is 30.2. The van der Waals surface area contributed by atoms with E-state index in [4.69, 9.17) is 28.2 Å². The maximum atomic E-state index is 13.0. The summed E-state index contributed by atoms with van der Waals surface area (Å²) in [6.45, 7) is 4.04. The van der Waals surface area contributed by atoms with E-state index in [2.05, 4.69) is 6.07 Å². The van der Waals surface area contributed by atoms with Gasteiger partial charge >= 0.3 is 5.69 Å². The van der Waals surface area contributed by atoms with Crippen molar-refractivity contribution < 1.29 is 0 Å². The van der Waals surface area contributed by atoms with Gasteiger partial charge in [-0.1, -0.05) is 29.3 Å². The third-order valence-corrected chi connectivity index (χ3v) is 6.18. The molecule has 0 radical (unpaired) electrons. The Labute approximate surface area is 192 Å². The fraction of sp³-hybridized carbons (Fsp3) is 0.174. The number of aryl methyl sites for hydroxylation is 3. The number of nitrogens with zero attached hydrogens (tertiary/aromatic N) is 5. The van der Waals surface area contributed by atoms with Crippen LogP contribution < -0.4 is 11.2 Å². The van der Waals surface area contributed by atoms with Gasteiger partial charge in [-0.05, 0) is 55.3 Å². The average Bonchev–Trinajstić information content (AvgIpc) is 3.26. The van der Waals surface area contributed by atoms with E-state index in [0.29, 0.717) is 27.0 Å². The molecule has 3 heterocycles. The maximum Gasteiger partial charge on any atom is 0.332 e. The molecule has 5 rings (SSSR count). The average molecular weight is 468 g/mol. The van der Waals surface area contributed by atoms with Gasteiger partial charge in [0.25, 0.3) is 5.56 Å². The molecule has 0 spiro atoms. The molecular formula is C23H19Cl2N5O2. The molecule has 162 valence electrons. The molecule has 0 atom stereocenters. The third kappa shape index (κ3) is 2.92. The van der Waals surface area contributed by atoms with Crippen LogP contribution in [0.5, 0.6) is 0 Å². The van der Waals surface area contributed by atoms with Crippen LogP contribution in [0.25, 0.3) is 33.9 Å². The maximum absolute atomic E-state index is 13.0. The molecule has 5 aromatic rings. The van der Waals surface area contributed by atoms with Crippen LogP contribution in [0.3, 0.4) is 0 Å². The number of halogens is 2. The van der Waals surface area contributed by atoms with E-state index in [1.54, 1.807) is 23.6 Å². The molecule has 0 bridgehead atoms. The first-order valence-electron chi connectivity index (χ1n) is 9.91. The largest absolute Gasteiger partial charge is 0.332 e. The van der Waals surface area contributed by atoms with Crippen LogP contribution in [-0.4, -0.2) is 23.1 Å². The zero-order valence-corrected chi connectivity index (χ0v) is 19.4. The molecule has 0 aliphatic carbocycles. The second-order valence-electron chi connectivity index (χ2n) is 7.98. The standard InChI is InChI=1S/C23H19Cl2N5O2/c1-12-7-13(2)9-15(8-12)30-18(16-6-5-14(24)10-17(16)25)11-29-19-20(26-22(29)30)27(3)23(32)28(4)21(19)31/h5-11H,1-4H3. The summed E-state index contributed by atoms with van der Waals surface area (Å²) in [7, 11) is 3.07. The molecule has 7 nitrogen and oxygen atoms in total. The lowest BCUT2D eigenvalue weighted by molar-refractivity contribution is 0.708. The number of rotatable bonds is 2. The van der Waals surface area contributed by atoms with Crippen molar-refractivity contribution in [3.63, 3.8) is 0 Å². The minimum Gasteiger partial charge on any atom is -0.279 e. The van der Waals surface area contributed by atoms with Gasteiger partial charge in [-0.25, -0.2) is 4.79 Å². The first kappa shape index (κ1) is 20.6. The zero-order valence-electron chi connectivity index (χ0n) is 17.8. The number of hydrogen-bond acceptors (Lipinski definition) is 3. The van der Waals surface area contributed by atoms with E-state index < -0.39 is 11.2 Å². The Balaban J connectivity index is 2.00. The van der Waals surface area contributed by atoms with Gasteiger partial charge in [-0.2, -0.15) is 4.98 Å². The molecule has 0 aliphatic rings. The molecule has 0 saturated carbocycles. The SMILES string of the molecule is Cc1cc(C)cc(-n2c(-c3ccc(Cl)cc3Cl)cn3c4c(=O)n(C)c(=O)n(C)c4nc23)c1. The van der Waals surface area contributed by atoms with E-state index in [1.807, 2.05) is 42.8 Å². The quantitative estimate of drug-likeness (QED) is 0.389. The molecule has 32 heavy (non-hydrogen) atoms. The number of imidazole rings is 2. The molecule has 0 fully saturated rings. The first-order valence-corrected chi connectivity index (χ1v) is 10.7. The van der Waals surface area contributed by atoms with Crippen molar-refractivity contribution in [2.75, 3.05) is 0 Å². The van der Waals surface area contributed by atoms with Crippen molar-refractivity contribution in [3.05, 3.63) is 84.6 Å². The second-order valence-corrected chi connectivity index (χ2v) is 8.82. The molecule has 3 aromatic heterocycles. The van der Waals surface area contributed by atoms with Crippen LogP contribution in [0.4, 0.5) is 0 Å². The lowest BCUT2D eigenvalue weighted by atomic mass is 10.1. The second kappa shape index (κ2) is 7.12. The van der Waals surface area contributed by atoms with E-state index >= 15 is 0 Å². The van der Waals surface area contributed by atoms with Crippen molar-refractivity contribution >= 4 is 40.1 Å². The Morgan fingerprint density at radius 2 is 1.59 bits per heavy atom. The van der Waals surface area contributed by atoms with Crippen molar-refractivity contribution in [1.29, 1.82) is 0 Å². The van der Waals surface area contributed by atoms with Gasteiger partial charge in [0.05, 0.1) is 10.7 Å². The van der Waals surface area contributed by atoms with E-state index in [0.717, 1.165) is 32.6 Å². The number of aromatic nitrogens is 5. The van der Waals surface area contributed by atoms with Crippen molar-refractivity contribution in [3.8, 4) is 16.9 Å². The summed E-state index contributed by atoms with van der Waals surface area (Å²) < 4.78 is 6.12. The predicted octanol–water partition coefficient (Wildman–Crippen LogP) is 4.27. The van der Waals surface area contributed by atoms with Crippen LogP contribution >= 0.6 is 23.2 Å². The molecule has 0 aliphatic heterocycles. The molecular weight excluding hydrogens is 449 g/mol. The fourth-order valence-corrected chi connectivity index (χ4v) is 4.70. The molecule has 0 amide bonds. The molecule has 0 saturated heterocycles. The topological polar surface area (TPSA) is 66.2 Å². The Hall–Kier alpha value is -3.29. The monoisotopic (exact) mass is 467 g/mol. The van der Waals surface area contributed by atoms with E-state index in [-0.39, 0.29) is 0 Å². The molecule has 0 N–H and O–H groups in total. The summed E-state index contributed by atoms with van der Waals surface area (Å²) in [5.41, 5.74) is 4.32. The van der Waals surface area contributed by atoms with Gasteiger partial charge in [0.1, 0.15) is 0 Å². The minimum absolute atomic E-state index is 0.319. The number of hydrogen-bond donors (Lipinski definition) is 0. The van der Waals surface area contributed by atoms with Crippen LogP contribution in [-0.2, 0) is 14.1 Å². The molecule has 0 unspecified atom stereocenters. The highest BCUT2D eigenvalue weighted by Gasteiger charge is 2.23.